The van der Waals surface area contributed by atoms with E-state index in [0.717, 1.165) is 110 Å². The van der Waals surface area contributed by atoms with Crippen LogP contribution >= 0.6 is 0 Å². The van der Waals surface area contributed by atoms with Crippen molar-refractivity contribution in [1.29, 1.82) is 0 Å². The van der Waals surface area contributed by atoms with Gasteiger partial charge in [-0.1, -0.05) is 265 Å². The summed E-state index contributed by atoms with van der Waals surface area (Å²) in [5.74, 6) is -0.564. The number of hydrogen-bond acceptors (Lipinski definition) is 12. The lowest BCUT2D eigenvalue weighted by atomic mass is 10.1. The second-order valence-corrected chi connectivity index (χ2v) is 25.5. The minimum absolute atomic E-state index is 0.140. The number of unbranched alkanes of at least 4 members (excludes halogenated alkanes) is 37. The summed E-state index contributed by atoms with van der Waals surface area (Å²) >= 11 is 0. The maximum atomic E-state index is 12.9. The highest BCUT2D eigenvalue weighted by Crippen LogP contribution is 2.17. The molecule has 1 fully saturated rings. The molecule has 1 aliphatic heterocycles. The number of esters is 4. The van der Waals surface area contributed by atoms with Crippen LogP contribution in [0.1, 0.15) is 336 Å². The molecule has 0 N–H and O–H groups in total. The first-order chi connectivity index (χ1) is 41.2. The number of nitrogens with zero attached hydrogens (tertiary/aromatic N) is 4. The highest BCUT2D eigenvalue weighted by Gasteiger charge is 2.24. The number of carbonyl (C=O) groups excluding carboxylic acids is 4. The molecule has 0 aromatic rings. The van der Waals surface area contributed by atoms with Gasteiger partial charge in [-0.3, -0.25) is 24.1 Å². The molecule has 12 nitrogen and oxygen atoms in total. The van der Waals surface area contributed by atoms with Crippen molar-refractivity contribution in [3.05, 3.63) is 0 Å². The first-order valence-corrected chi connectivity index (χ1v) is 36.8. The predicted molar refractivity (Wildman–Crippen MR) is 354 cm³/mol. The lowest BCUT2D eigenvalue weighted by molar-refractivity contribution is -0.146. The van der Waals surface area contributed by atoms with Crippen LogP contribution in [0.2, 0.25) is 0 Å². The molecule has 1 saturated heterocycles. The van der Waals surface area contributed by atoms with Gasteiger partial charge in [0, 0.05) is 51.9 Å². The van der Waals surface area contributed by atoms with Crippen molar-refractivity contribution >= 4 is 23.9 Å². The van der Waals surface area contributed by atoms with Crippen molar-refractivity contribution < 1.29 is 38.1 Å². The standard InChI is InChI=1S/C72H140N4O8/c1-6-10-14-18-22-26-30-34-38-42-46-64-82-70(78)50-58-73(57-49-69(77)81-63-43-39-35-31-27-23-19-15-11-7-2)53-47-55-75-61-62-76(68(5)67-75)56-48-54-74(59-51-71(79)83-65-44-40-36-32-28-24-20-16-12-8-3)60-52-72(80)84-66-45-41-37-33-29-25-21-17-13-9-4/h68H,6-67H2,1-5H3/t68-/m1/s1. The van der Waals surface area contributed by atoms with E-state index in [1.807, 2.05) is 0 Å². The summed E-state index contributed by atoms with van der Waals surface area (Å²) in [5, 5.41) is 0. The van der Waals surface area contributed by atoms with Crippen molar-refractivity contribution in [2.45, 2.75) is 342 Å². The number of piperazine rings is 1. The van der Waals surface area contributed by atoms with E-state index in [1.54, 1.807) is 0 Å². The van der Waals surface area contributed by atoms with E-state index < -0.39 is 0 Å². The van der Waals surface area contributed by atoms with E-state index in [9.17, 15) is 19.2 Å². The fourth-order valence-electron chi connectivity index (χ4n) is 11.9. The minimum atomic E-state index is -0.142. The highest BCUT2D eigenvalue weighted by molar-refractivity contribution is 5.71. The Kier molecular flexibility index (Phi) is 59.2. The number of hydrogen-bond donors (Lipinski definition) is 0. The molecular formula is C72H140N4O8. The van der Waals surface area contributed by atoms with Crippen LogP contribution in [0, 0.1) is 0 Å². The zero-order valence-electron chi connectivity index (χ0n) is 56.5. The van der Waals surface area contributed by atoms with Crippen molar-refractivity contribution in [3.8, 4) is 0 Å². The van der Waals surface area contributed by atoms with Gasteiger partial charge in [0.2, 0.25) is 0 Å². The second-order valence-electron chi connectivity index (χ2n) is 25.5. The van der Waals surface area contributed by atoms with Crippen LogP contribution in [0.3, 0.4) is 0 Å². The Hall–Kier alpha value is -2.28. The van der Waals surface area contributed by atoms with E-state index in [-0.39, 0.29) is 23.9 Å². The van der Waals surface area contributed by atoms with Crippen molar-refractivity contribution in [3.63, 3.8) is 0 Å². The molecule has 1 heterocycles. The fraction of sp³-hybridized carbons (Fsp3) is 0.944. The molecule has 0 saturated carbocycles. The van der Waals surface area contributed by atoms with Crippen LogP contribution in [-0.2, 0) is 38.1 Å². The molecular weight excluding hydrogens is 1050 g/mol. The normalized spacial score (nSPS) is 14.0. The molecule has 84 heavy (non-hydrogen) atoms. The van der Waals surface area contributed by atoms with Gasteiger partial charge < -0.3 is 33.6 Å². The Morgan fingerprint density at radius 1 is 0.310 bits per heavy atom. The highest BCUT2D eigenvalue weighted by atomic mass is 16.5. The zero-order chi connectivity index (χ0) is 60.9. The molecule has 1 aliphatic rings. The molecule has 0 spiro atoms. The molecule has 0 amide bonds. The monoisotopic (exact) mass is 1190 g/mol. The average Bonchev–Trinajstić information content (AvgIpc) is 3.55. The Morgan fingerprint density at radius 3 is 0.798 bits per heavy atom. The van der Waals surface area contributed by atoms with Crippen LogP contribution in [0.4, 0.5) is 0 Å². The Bertz CT molecular complexity index is 1410. The summed E-state index contributed by atoms with van der Waals surface area (Å²) in [6.07, 6.45) is 54.8. The van der Waals surface area contributed by atoms with Gasteiger partial charge in [0.1, 0.15) is 0 Å². The average molecular weight is 1190 g/mol. The zero-order valence-corrected chi connectivity index (χ0v) is 56.5. The molecule has 0 radical (unpaired) electrons. The van der Waals surface area contributed by atoms with Crippen molar-refractivity contribution in [2.75, 3.05) is 98.4 Å². The van der Waals surface area contributed by atoms with Gasteiger partial charge in [0.05, 0.1) is 52.1 Å². The third kappa shape index (κ3) is 53.9. The van der Waals surface area contributed by atoms with E-state index >= 15 is 0 Å². The SMILES string of the molecule is CCCCCCCCCCCCCOC(=O)CCN(CCCN1CCN(CCCN(CCC(=O)OCCCCCCCCCCCC)CCC(=O)OCCCCCCCCCCCC)[C@H](C)C1)CCC(=O)OCCCCCCCCCCCC. The third-order valence-electron chi connectivity index (χ3n) is 17.5. The summed E-state index contributed by atoms with van der Waals surface area (Å²) in [7, 11) is 0. The van der Waals surface area contributed by atoms with Gasteiger partial charge in [0.15, 0.2) is 0 Å². The predicted octanol–water partition coefficient (Wildman–Crippen LogP) is 18.2. The molecule has 496 valence electrons. The molecule has 0 aromatic heterocycles. The molecule has 1 rings (SSSR count). The third-order valence-corrected chi connectivity index (χ3v) is 17.5. The Labute approximate surface area is 520 Å². The largest absolute Gasteiger partial charge is 0.466 e. The molecule has 0 aliphatic carbocycles. The molecule has 0 bridgehead atoms. The van der Waals surface area contributed by atoms with E-state index in [1.165, 1.54) is 212 Å². The summed E-state index contributed by atoms with van der Waals surface area (Å²) in [6, 6.07) is 0.408. The summed E-state index contributed by atoms with van der Waals surface area (Å²) in [6.45, 7) is 22.3. The first kappa shape index (κ1) is 79.7. The number of ether oxygens (including phenoxy) is 4. The van der Waals surface area contributed by atoms with Crippen LogP contribution in [0.5, 0.6) is 0 Å². The lowest BCUT2D eigenvalue weighted by Crippen LogP contribution is -2.52. The van der Waals surface area contributed by atoms with Gasteiger partial charge in [-0.05, 0) is 71.6 Å². The Morgan fingerprint density at radius 2 is 0.548 bits per heavy atom. The topological polar surface area (TPSA) is 118 Å². The van der Waals surface area contributed by atoms with E-state index in [2.05, 4.69) is 54.2 Å². The van der Waals surface area contributed by atoms with Crippen LogP contribution in [-0.4, -0.2) is 148 Å². The molecule has 0 aromatic carbocycles. The second kappa shape index (κ2) is 62.3. The van der Waals surface area contributed by atoms with Gasteiger partial charge in [0.25, 0.3) is 0 Å². The summed E-state index contributed by atoms with van der Waals surface area (Å²) in [5.41, 5.74) is 0. The van der Waals surface area contributed by atoms with Gasteiger partial charge >= 0.3 is 23.9 Å². The van der Waals surface area contributed by atoms with Gasteiger partial charge in [-0.25, -0.2) is 0 Å². The number of rotatable bonds is 65. The smallest absolute Gasteiger partial charge is 0.307 e. The van der Waals surface area contributed by atoms with Gasteiger partial charge in [-0.2, -0.15) is 0 Å². The first-order valence-electron chi connectivity index (χ1n) is 36.8. The van der Waals surface area contributed by atoms with E-state index in [4.69, 9.17) is 18.9 Å². The van der Waals surface area contributed by atoms with E-state index in [0.29, 0.717) is 84.3 Å². The fourth-order valence-corrected chi connectivity index (χ4v) is 11.9. The summed E-state index contributed by atoms with van der Waals surface area (Å²) < 4.78 is 22.7. The maximum absolute atomic E-state index is 12.9. The van der Waals surface area contributed by atoms with Crippen LogP contribution in [0.25, 0.3) is 0 Å². The quantitative estimate of drug-likeness (QED) is 0.0328. The summed E-state index contributed by atoms with van der Waals surface area (Å²) in [4.78, 5) is 61.4. The molecule has 12 heteroatoms. The molecule has 1 atom stereocenters. The van der Waals surface area contributed by atoms with Crippen LogP contribution < -0.4 is 0 Å². The Balaban J connectivity index is 2.62. The molecule has 0 unspecified atom stereocenters. The van der Waals surface area contributed by atoms with Crippen LogP contribution in [0.15, 0.2) is 0 Å². The number of carbonyl (C=O) groups is 4. The van der Waals surface area contributed by atoms with Gasteiger partial charge in [-0.15, -0.1) is 0 Å². The minimum Gasteiger partial charge on any atom is -0.466 e. The van der Waals surface area contributed by atoms with Crippen molar-refractivity contribution in [2.24, 2.45) is 0 Å². The maximum Gasteiger partial charge on any atom is 0.307 e. The van der Waals surface area contributed by atoms with Crippen molar-refractivity contribution in [1.82, 2.24) is 19.6 Å². The lowest BCUT2D eigenvalue weighted by Gasteiger charge is -2.40.